The Labute approximate surface area is 255 Å². The molecule has 0 saturated heterocycles. The number of rotatable bonds is 12. The first-order valence-corrected chi connectivity index (χ1v) is 15.6. The summed E-state index contributed by atoms with van der Waals surface area (Å²) < 4.78 is 14.7. The third kappa shape index (κ3) is 8.46. The summed E-state index contributed by atoms with van der Waals surface area (Å²) in [4.78, 5) is 24.5. The van der Waals surface area contributed by atoms with E-state index in [9.17, 15) is 4.79 Å². The highest BCUT2D eigenvalue weighted by molar-refractivity contribution is 6.08. The molecular formula is C36H46N2O5. The largest absolute Gasteiger partial charge is 0.550 e. The van der Waals surface area contributed by atoms with Gasteiger partial charge in [-0.05, 0) is 70.9 Å². The van der Waals surface area contributed by atoms with Crippen LogP contribution in [0, 0.1) is 0 Å². The van der Waals surface area contributed by atoms with E-state index < -0.39 is 5.97 Å². The van der Waals surface area contributed by atoms with Gasteiger partial charge in [0.05, 0.1) is 18.2 Å². The van der Waals surface area contributed by atoms with Crippen LogP contribution in [0.3, 0.4) is 0 Å². The van der Waals surface area contributed by atoms with Crippen LogP contribution in [0.1, 0.15) is 77.6 Å². The van der Waals surface area contributed by atoms with Crippen LogP contribution in [-0.4, -0.2) is 44.7 Å². The molecule has 43 heavy (non-hydrogen) atoms. The van der Waals surface area contributed by atoms with E-state index in [1.165, 1.54) is 0 Å². The van der Waals surface area contributed by atoms with Crippen LogP contribution >= 0.6 is 0 Å². The molecule has 0 saturated carbocycles. The first-order chi connectivity index (χ1) is 20.8. The molecule has 0 unspecified atom stereocenters. The van der Waals surface area contributed by atoms with Crippen LogP contribution in [0.25, 0.3) is 33.4 Å². The van der Waals surface area contributed by atoms with Gasteiger partial charge in [0, 0.05) is 53.4 Å². The van der Waals surface area contributed by atoms with E-state index in [1.807, 2.05) is 24.3 Å². The molecule has 230 valence electrons. The van der Waals surface area contributed by atoms with Crippen molar-refractivity contribution in [1.29, 1.82) is 0 Å². The zero-order chi connectivity index (χ0) is 31.4. The molecule has 2 aliphatic rings. The second-order valence-corrected chi connectivity index (χ2v) is 10.4. The van der Waals surface area contributed by atoms with Crippen LogP contribution in [0.15, 0.2) is 65.1 Å². The van der Waals surface area contributed by atoms with E-state index in [2.05, 4.69) is 80.5 Å². The molecule has 2 aromatic carbocycles. The summed E-state index contributed by atoms with van der Waals surface area (Å²) in [5.41, 5.74) is 5.37. The van der Waals surface area contributed by atoms with Crippen LogP contribution < -0.4 is 19.9 Å². The maximum atomic E-state index is 13.3. The average molecular weight is 587 g/mol. The third-order valence-corrected chi connectivity index (χ3v) is 7.59. The lowest BCUT2D eigenvalue weighted by molar-refractivity contribution is -0.302. The zero-order valence-electron chi connectivity index (χ0n) is 26.6. The second kappa shape index (κ2) is 16.5. The molecule has 0 bridgehead atoms. The SMILES string of the molecule is CC(=O)[O-].CCCCCCOC(=O)c1ccccc1-c1c2ccc(=[N+](CC)CC)cc-2oc2cc(N(CC)CC)ccc12. The minimum Gasteiger partial charge on any atom is -0.550 e. The standard InChI is InChI=1S/C34H43N2O3.C2H4O2/c1-6-11-12-15-22-38-34(37)28-17-14-13-16-27(28)33-29-20-18-25(35(7-2)8-3)23-31(29)39-32-24-26(19-21-30(32)33)36(9-4)10-5;1-2(3)4/h13-14,16-21,23-24H,6-12,15,22H2,1-5H3;1H3,(H,3,4)/q+1;/p-1. The number of carbonyl (C=O) groups is 2. The van der Waals surface area contributed by atoms with Crippen molar-refractivity contribution in [3.05, 3.63) is 71.6 Å². The third-order valence-electron chi connectivity index (χ3n) is 7.59. The Bertz CT molecular complexity index is 1540. The molecule has 0 fully saturated rings. The first kappa shape index (κ1) is 33.4. The number of esters is 1. The van der Waals surface area contributed by atoms with Crippen molar-refractivity contribution >= 4 is 28.6 Å². The molecule has 0 N–H and O–H groups in total. The predicted octanol–water partition coefficient (Wildman–Crippen LogP) is 6.36. The highest BCUT2D eigenvalue weighted by atomic mass is 16.5. The summed E-state index contributed by atoms with van der Waals surface area (Å²) >= 11 is 0. The van der Waals surface area contributed by atoms with E-state index in [0.717, 1.165) is 103 Å². The number of unbranched alkanes of at least 4 members (excludes halogenated alkanes) is 3. The summed E-state index contributed by atoms with van der Waals surface area (Å²) in [6.07, 6.45) is 4.28. The van der Waals surface area contributed by atoms with Gasteiger partial charge < -0.3 is 24.0 Å². The van der Waals surface area contributed by atoms with E-state index in [1.54, 1.807) is 0 Å². The number of carbonyl (C=O) groups excluding carboxylic acids is 2. The van der Waals surface area contributed by atoms with Crippen LogP contribution in [-0.2, 0) is 9.53 Å². The molecule has 4 rings (SSSR count). The Morgan fingerprint density at radius 3 is 2.21 bits per heavy atom. The van der Waals surface area contributed by atoms with E-state index >= 15 is 0 Å². The number of fused-ring (bicyclic) bond motifs is 2. The van der Waals surface area contributed by atoms with E-state index in [4.69, 9.17) is 19.1 Å². The minimum atomic E-state index is -1.08. The first-order valence-electron chi connectivity index (χ1n) is 15.6. The van der Waals surface area contributed by atoms with Gasteiger partial charge in [-0.1, -0.05) is 44.4 Å². The molecule has 0 atom stereocenters. The molecule has 7 heteroatoms. The van der Waals surface area contributed by atoms with Gasteiger partial charge in [-0.3, -0.25) is 0 Å². The van der Waals surface area contributed by atoms with Gasteiger partial charge in [-0.25, -0.2) is 9.37 Å². The van der Waals surface area contributed by atoms with Gasteiger partial charge in [0.25, 0.3) is 0 Å². The number of ether oxygens (including phenoxy) is 1. The quantitative estimate of drug-likeness (QED) is 0.0832. The number of carboxylic acids is 1. The number of hydrogen-bond acceptors (Lipinski definition) is 6. The second-order valence-electron chi connectivity index (χ2n) is 10.4. The Balaban J connectivity index is 0.00000119. The molecule has 1 aliphatic carbocycles. The van der Waals surface area contributed by atoms with E-state index in [0.29, 0.717) is 12.2 Å². The lowest BCUT2D eigenvalue weighted by Crippen LogP contribution is -2.29. The van der Waals surface area contributed by atoms with Crippen LogP contribution in [0.5, 0.6) is 0 Å². The lowest BCUT2D eigenvalue weighted by Gasteiger charge is -2.22. The summed E-state index contributed by atoms with van der Waals surface area (Å²) in [5.74, 6) is -0.551. The highest BCUT2D eigenvalue weighted by Crippen LogP contribution is 2.42. The minimum absolute atomic E-state index is 0.274. The molecule has 0 spiro atoms. The normalized spacial score (nSPS) is 10.7. The van der Waals surface area contributed by atoms with Gasteiger partial charge >= 0.3 is 5.97 Å². The van der Waals surface area contributed by atoms with Crippen molar-refractivity contribution in [2.45, 2.75) is 67.2 Å². The monoisotopic (exact) mass is 586 g/mol. The summed E-state index contributed by atoms with van der Waals surface area (Å²) in [6.45, 7) is 15.9. The van der Waals surface area contributed by atoms with Crippen LogP contribution in [0.4, 0.5) is 5.69 Å². The van der Waals surface area contributed by atoms with Crippen molar-refractivity contribution in [1.82, 2.24) is 4.58 Å². The van der Waals surface area contributed by atoms with Gasteiger partial charge in [0.15, 0.2) is 0 Å². The molecule has 7 nitrogen and oxygen atoms in total. The molecule has 1 heterocycles. The van der Waals surface area contributed by atoms with E-state index in [-0.39, 0.29) is 5.97 Å². The number of benzene rings is 3. The van der Waals surface area contributed by atoms with Gasteiger partial charge in [0.1, 0.15) is 24.4 Å². The highest BCUT2D eigenvalue weighted by Gasteiger charge is 2.23. The smallest absolute Gasteiger partial charge is 0.338 e. The molecule has 0 aromatic heterocycles. The Hall–Kier alpha value is -4.13. The summed E-state index contributed by atoms with van der Waals surface area (Å²) in [6, 6.07) is 20.6. The summed E-state index contributed by atoms with van der Waals surface area (Å²) in [7, 11) is 0. The average Bonchev–Trinajstić information content (AvgIpc) is 3.00. The molecule has 1 aliphatic heterocycles. The lowest BCUT2D eigenvalue weighted by atomic mass is 9.90. The van der Waals surface area contributed by atoms with Crippen molar-refractivity contribution in [3.63, 3.8) is 0 Å². The van der Waals surface area contributed by atoms with Gasteiger partial charge in [0.2, 0.25) is 5.36 Å². The summed E-state index contributed by atoms with van der Waals surface area (Å²) in [5, 5.41) is 11.0. The number of carboxylic acid groups (broad SMARTS) is 1. The Kier molecular flexibility index (Phi) is 12.8. The van der Waals surface area contributed by atoms with Gasteiger partial charge in [-0.15, -0.1) is 0 Å². The molecular weight excluding hydrogens is 540 g/mol. The van der Waals surface area contributed by atoms with Gasteiger partial charge in [-0.2, -0.15) is 0 Å². The van der Waals surface area contributed by atoms with Crippen molar-refractivity contribution in [3.8, 4) is 22.5 Å². The Morgan fingerprint density at radius 1 is 0.860 bits per heavy atom. The number of aliphatic carboxylic acids is 1. The van der Waals surface area contributed by atoms with Crippen molar-refractivity contribution in [2.24, 2.45) is 0 Å². The van der Waals surface area contributed by atoms with Crippen LogP contribution in [0.2, 0.25) is 0 Å². The molecule has 0 radical (unpaired) electrons. The maximum Gasteiger partial charge on any atom is 0.338 e. The van der Waals surface area contributed by atoms with Crippen molar-refractivity contribution < 1.29 is 23.8 Å². The zero-order valence-corrected chi connectivity index (χ0v) is 26.6. The fourth-order valence-electron chi connectivity index (χ4n) is 5.38. The number of nitrogens with zero attached hydrogens (tertiary/aromatic N) is 2. The topological polar surface area (TPSA) is 85.8 Å². The fraction of sp³-hybridized carbons (Fsp3) is 0.417. The molecule has 2 aromatic rings. The molecule has 0 amide bonds. The maximum absolute atomic E-state index is 13.3. The Morgan fingerprint density at radius 2 is 1.56 bits per heavy atom. The number of anilines is 1. The number of hydrogen-bond donors (Lipinski definition) is 0. The fourth-order valence-corrected chi connectivity index (χ4v) is 5.38. The van der Waals surface area contributed by atoms with Crippen molar-refractivity contribution in [2.75, 3.05) is 37.7 Å². The predicted molar refractivity (Wildman–Crippen MR) is 173 cm³/mol.